The minimum absolute atomic E-state index is 0.106. The number of hydrogen-bond donors (Lipinski definition) is 3. The molecule has 11 heteroatoms. The number of hydrogen-bond acceptors (Lipinski definition) is 7. The lowest BCUT2D eigenvalue weighted by Gasteiger charge is -2.57. The van der Waals surface area contributed by atoms with E-state index in [-0.39, 0.29) is 41.4 Å². The zero-order valence-corrected chi connectivity index (χ0v) is 39.3. The summed E-state index contributed by atoms with van der Waals surface area (Å²) in [6.07, 6.45) is 16.5. The number of ether oxygens (including phenoxy) is 1. The predicted octanol–water partition coefficient (Wildman–Crippen LogP) is 8.66. The van der Waals surface area contributed by atoms with Gasteiger partial charge in [0, 0.05) is 34.9 Å². The van der Waals surface area contributed by atoms with Crippen LogP contribution in [0.2, 0.25) is 0 Å². The Morgan fingerprint density at radius 2 is 1.46 bits per heavy atom. The van der Waals surface area contributed by atoms with Gasteiger partial charge in [0.05, 0.1) is 12.0 Å². The summed E-state index contributed by atoms with van der Waals surface area (Å²) in [4.78, 5) is 83.2. The average molecular weight is 867 g/mol. The Bertz CT molecular complexity index is 1940. The monoisotopic (exact) mass is 867 g/mol. The second-order valence-electron chi connectivity index (χ2n) is 21.1. The number of amides is 4. The van der Waals surface area contributed by atoms with Gasteiger partial charge in [-0.1, -0.05) is 48.9 Å². The lowest BCUT2D eigenvalue weighted by Crippen LogP contribution is -2.54. The van der Waals surface area contributed by atoms with Crippen molar-refractivity contribution in [2.45, 2.75) is 181 Å². The van der Waals surface area contributed by atoms with E-state index in [4.69, 9.17) is 4.74 Å². The Kier molecular flexibility index (Phi) is 15.6. The molecule has 4 saturated carbocycles. The Morgan fingerprint density at radius 3 is 2.08 bits per heavy atom. The van der Waals surface area contributed by atoms with E-state index in [1.165, 1.54) is 38.5 Å². The van der Waals surface area contributed by atoms with E-state index in [1.807, 2.05) is 77.1 Å². The van der Waals surface area contributed by atoms with E-state index < -0.39 is 29.7 Å². The van der Waals surface area contributed by atoms with Crippen molar-refractivity contribution in [1.29, 1.82) is 0 Å². The zero-order valence-electron chi connectivity index (χ0n) is 39.3. The molecule has 0 radical (unpaired) electrons. The first-order chi connectivity index (χ1) is 29.8. The Hall–Kier alpha value is -4.54. The molecule has 11 nitrogen and oxygen atoms in total. The number of ketones is 2. The van der Waals surface area contributed by atoms with Crippen molar-refractivity contribution >= 4 is 35.4 Å². The van der Waals surface area contributed by atoms with Crippen LogP contribution in [0.5, 0.6) is 0 Å². The summed E-state index contributed by atoms with van der Waals surface area (Å²) in [7, 11) is 0. The van der Waals surface area contributed by atoms with Crippen LogP contribution < -0.4 is 16.0 Å². The van der Waals surface area contributed by atoms with Crippen LogP contribution in [0.15, 0.2) is 64.8 Å². The molecular formula is C52H74N4O7. The van der Waals surface area contributed by atoms with Crippen LogP contribution in [0, 0.1) is 29.1 Å². The predicted molar refractivity (Wildman–Crippen MR) is 245 cm³/mol. The van der Waals surface area contributed by atoms with E-state index in [2.05, 4.69) is 16.0 Å². The first-order valence-corrected chi connectivity index (χ1v) is 23.9. The fourth-order valence-electron chi connectivity index (χ4n) is 11.7. The van der Waals surface area contributed by atoms with Gasteiger partial charge >= 0.3 is 6.09 Å². The molecule has 4 atom stereocenters. The smallest absolute Gasteiger partial charge is 0.408 e. The molecule has 1 aliphatic heterocycles. The summed E-state index contributed by atoms with van der Waals surface area (Å²) in [5, 5.41) is 9.10. The largest absolute Gasteiger partial charge is 0.444 e. The lowest BCUT2D eigenvalue weighted by atomic mass is 9.48. The van der Waals surface area contributed by atoms with Crippen LogP contribution in [-0.4, -0.2) is 76.6 Å². The van der Waals surface area contributed by atoms with Gasteiger partial charge in [0.25, 0.3) is 0 Å². The van der Waals surface area contributed by atoms with Gasteiger partial charge in [-0.2, -0.15) is 0 Å². The van der Waals surface area contributed by atoms with E-state index in [0.29, 0.717) is 79.2 Å². The maximum Gasteiger partial charge on any atom is 0.408 e. The van der Waals surface area contributed by atoms with E-state index in [9.17, 15) is 28.8 Å². The second kappa shape index (κ2) is 20.5. The summed E-state index contributed by atoms with van der Waals surface area (Å²) in [5.41, 5.74) is 2.60. The molecule has 63 heavy (non-hydrogen) atoms. The van der Waals surface area contributed by atoms with Crippen LogP contribution in [0.25, 0.3) is 0 Å². The van der Waals surface area contributed by atoms with Gasteiger partial charge in [-0.25, -0.2) is 4.79 Å². The fraction of sp³-hybridized carbons (Fsp3) is 0.654. The fourth-order valence-corrected chi connectivity index (χ4v) is 11.7. The van der Waals surface area contributed by atoms with Crippen molar-refractivity contribution in [3.05, 3.63) is 70.3 Å². The third kappa shape index (κ3) is 12.4. The highest BCUT2D eigenvalue weighted by molar-refractivity contribution is 6.24. The summed E-state index contributed by atoms with van der Waals surface area (Å²) < 4.78 is 5.72. The standard InChI is InChI=1S/C52H74N4O7/c1-32(2)53-47(59)43(18-13-12-17-42-35(5)45(57)33(3)34(4)46(42)58)55-48(60)44-19-14-24-56(44)49(61)40(28-36-15-10-9-11-16-36)20-21-41(54-50(62)63-51(6,7)8)22-23-52-29-37-25-38(30-52)27-39(26-37)31-52/h9-11,15-16,20-21,32,37-41,43-44H,12-14,17-19,22-31H2,1-8H3,(H,53,59)(H,54,62)(H,55,60)/b21-20+/t37?,38?,39?,40-,41-,43+,44+,52?/m1/s1. The highest BCUT2D eigenvalue weighted by Gasteiger charge is 2.50. The van der Waals surface area contributed by atoms with Gasteiger partial charge in [0.2, 0.25) is 17.7 Å². The number of likely N-dealkylation sites (tertiary alicyclic amines) is 1. The van der Waals surface area contributed by atoms with E-state index in [1.54, 1.807) is 25.7 Å². The normalized spacial score (nSPS) is 26.1. The van der Waals surface area contributed by atoms with Crippen LogP contribution in [0.4, 0.5) is 4.79 Å². The zero-order chi connectivity index (χ0) is 45.6. The van der Waals surface area contributed by atoms with Gasteiger partial charge in [-0.05, 0) is 174 Å². The van der Waals surface area contributed by atoms with Gasteiger partial charge in [0.15, 0.2) is 11.6 Å². The summed E-state index contributed by atoms with van der Waals surface area (Å²) in [6.45, 7) is 14.8. The maximum atomic E-state index is 14.8. The molecule has 344 valence electrons. The SMILES string of the molecule is CC1=C(C)C(=O)C(CCCC[C@H](NC(=O)[C@@H]2CCCN2C(=O)[C@H](/C=C/[C@H](CCC23CC4CC(CC(C4)C2)C3)NC(=O)OC(C)(C)C)Cc2ccccc2)C(=O)NC(C)C)=C(C)C1=O. The van der Waals surface area contributed by atoms with Crippen molar-refractivity contribution in [3.8, 4) is 0 Å². The molecule has 7 rings (SSSR count). The molecule has 1 saturated heterocycles. The topological polar surface area (TPSA) is 151 Å². The lowest BCUT2D eigenvalue weighted by molar-refractivity contribution is -0.141. The highest BCUT2D eigenvalue weighted by atomic mass is 16.6. The minimum atomic E-state index is -0.839. The molecule has 0 spiro atoms. The number of carbonyl (C=O) groups excluding carboxylic acids is 6. The molecule has 5 fully saturated rings. The Balaban J connectivity index is 1.16. The summed E-state index contributed by atoms with van der Waals surface area (Å²) >= 11 is 0. The number of Topliss-reactive ketones (excluding diaryl/α,β-unsaturated/α-hetero) is 2. The quantitative estimate of drug-likeness (QED) is 0.0760. The van der Waals surface area contributed by atoms with Crippen molar-refractivity contribution in [2.75, 3.05) is 6.54 Å². The molecule has 4 amide bonds. The van der Waals surface area contributed by atoms with Gasteiger partial charge in [0.1, 0.15) is 17.7 Å². The molecule has 0 unspecified atom stereocenters. The third-order valence-electron chi connectivity index (χ3n) is 14.4. The molecule has 1 heterocycles. The number of unbranched alkanes of at least 4 members (excludes halogenated alkanes) is 1. The maximum absolute atomic E-state index is 14.8. The number of alkyl carbamates (subject to hydrolysis) is 1. The Labute approximate surface area is 376 Å². The van der Waals surface area contributed by atoms with Crippen molar-refractivity contribution in [1.82, 2.24) is 20.9 Å². The number of nitrogens with one attached hydrogen (secondary N) is 3. The number of rotatable bonds is 18. The first-order valence-electron chi connectivity index (χ1n) is 23.9. The molecule has 3 N–H and O–H groups in total. The summed E-state index contributed by atoms with van der Waals surface area (Å²) in [5.74, 6) is 0.824. The summed E-state index contributed by atoms with van der Waals surface area (Å²) in [6, 6.07) is 7.79. The van der Waals surface area contributed by atoms with Crippen molar-refractivity contribution in [3.63, 3.8) is 0 Å². The number of carbonyl (C=O) groups is 6. The average Bonchev–Trinajstić information content (AvgIpc) is 3.71. The van der Waals surface area contributed by atoms with Crippen molar-refractivity contribution in [2.24, 2.45) is 29.1 Å². The Morgan fingerprint density at radius 1 is 0.825 bits per heavy atom. The van der Waals surface area contributed by atoms with Gasteiger partial charge in [-0.15, -0.1) is 0 Å². The molecule has 4 bridgehead atoms. The molecule has 5 aliphatic carbocycles. The molecule has 1 aromatic rings. The molecular weight excluding hydrogens is 793 g/mol. The number of nitrogens with zero attached hydrogens (tertiary/aromatic N) is 1. The molecule has 6 aliphatic rings. The van der Waals surface area contributed by atoms with Crippen LogP contribution in [-0.2, 0) is 35.1 Å². The van der Waals surface area contributed by atoms with Crippen LogP contribution in [0.1, 0.15) is 151 Å². The molecule has 1 aromatic carbocycles. The van der Waals surface area contributed by atoms with Gasteiger partial charge < -0.3 is 25.6 Å². The van der Waals surface area contributed by atoms with E-state index >= 15 is 0 Å². The van der Waals surface area contributed by atoms with E-state index in [0.717, 1.165) is 36.2 Å². The number of benzene rings is 1. The van der Waals surface area contributed by atoms with Crippen LogP contribution >= 0.6 is 0 Å². The third-order valence-corrected chi connectivity index (χ3v) is 14.4. The second-order valence-corrected chi connectivity index (χ2v) is 21.1. The van der Waals surface area contributed by atoms with Gasteiger partial charge in [-0.3, -0.25) is 24.0 Å². The highest BCUT2D eigenvalue weighted by Crippen LogP contribution is 2.61. The first kappa shape index (κ1) is 47.9. The molecule has 0 aromatic heterocycles. The minimum Gasteiger partial charge on any atom is -0.444 e. The van der Waals surface area contributed by atoms with Crippen molar-refractivity contribution < 1.29 is 33.5 Å². The number of allylic oxidation sites excluding steroid dienone is 4. The van der Waals surface area contributed by atoms with Crippen LogP contribution in [0.3, 0.4) is 0 Å².